The van der Waals surface area contributed by atoms with E-state index in [0.29, 0.717) is 108 Å². The van der Waals surface area contributed by atoms with Gasteiger partial charge in [-0.05, 0) is 103 Å². The van der Waals surface area contributed by atoms with Crippen LogP contribution in [-0.2, 0) is 42.9 Å². The normalized spacial score (nSPS) is 13.9. The maximum absolute atomic E-state index is 12.6. The fraction of sp³-hybridized carbons (Fsp3) is 0.353. The third kappa shape index (κ3) is 22.4. The number of ether oxygens (including phenoxy) is 5. The van der Waals surface area contributed by atoms with E-state index in [0.717, 1.165) is 107 Å². The van der Waals surface area contributed by atoms with Gasteiger partial charge in [-0.25, -0.2) is 33.7 Å². The molecule has 6 heterocycles. The number of hydrogen-bond acceptors (Lipinski definition) is 19. The zero-order chi connectivity index (χ0) is 68.2. The number of rotatable bonds is 20. The van der Waals surface area contributed by atoms with Gasteiger partial charge in [0, 0.05) is 98.4 Å². The summed E-state index contributed by atoms with van der Waals surface area (Å²) in [7, 11) is 0. The van der Waals surface area contributed by atoms with Crippen LogP contribution in [0.25, 0.3) is 14.5 Å². The van der Waals surface area contributed by atoms with Crippen molar-refractivity contribution in [3.63, 3.8) is 0 Å². The van der Waals surface area contributed by atoms with E-state index in [1.807, 2.05) is 45.0 Å². The first-order valence-electron chi connectivity index (χ1n) is 30.4. The Morgan fingerprint density at radius 2 is 0.863 bits per heavy atom. The molecule has 0 bridgehead atoms. The number of benzene rings is 4. The van der Waals surface area contributed by atoms with E-state index in [1.165, 1.54) is 34.0 Å². The number of carbonyl (C=O) groups is 5. The van der Waals surface area contributed by atoms with E-state index >= 15 is 0 Å². The minimum atomic E-state index is -0.970. The molecular formula is C68H77N11O13S3. The number of β-amino-alcohol motifs (C(OH)–C–C–N with tert-alkyl or cyclic N) is 1. The number of hydrogen-bond donors (Lipinski definition) is 8. The highest BCUT2D eigenvalue weighted by Gasteiger charge is 2.22. The summed E-state index contributed by atoms with van der Waals surface area (Å²) >= 11 is 4.12. The minimum absolute atomic E-state index is 0.227. The van der Waals surface area contributed by atoms with E-state index in [4.69, 9.17) is 70.2 Å². The molecule has 0 unspecified atom stereocenters. The number of morpholine rings is 3. The van der Waals surface area contributed by atoms with Gasteiger partial charge < -0.3 is 55.8 Å². The molecule has 10 N–H and O–H groups in total. The third-order valence-corrected chi connectivity index (χ3v) is 18.9. The molecule has 3 aliphatic rings. The molecule has 3 saturated heterocycles. The Balaban J connectivity index is 0.000000196. The maximum atomic E-state index is 12.6. The number of nitrogens with one attached hydrogen (secondary N) is 3. The number of aliphatic hydroxyl groups excluding tert-OH is 1. The summed E-state index contributed by atoms with van der Waals surface area (Å²) < 4.78 is 26.3. The molecule has 3 fully saturated rings. The van der Waals surface area contributed by atoms with Gasteiger partial charge in [0.2, 0.25) is 17.1 Å². The summed E-state index contributed by atoms with van der Waals surface area (Å²) in [6.07, 6.45) is 0.635. The standard InChI is InChI=1S/C27H29N5O4S.C21H23N3O5S.C14H12N2O2S.C6H13NO2/c1-18-23(17-19-7-9-20(10-8-19)25(33)30-22-6-4-3-5-21(22)28)37-26(24(18)29-2)31-27(34)36-16-13-32-11-14-35-15-12-32;1-14-17(13-15-3-5-16(6-4-15)20(25)26)30-19(18(14)22-2)23-21(27)29-12-9-24-7-10-28-11-8-24;1-8-11(19-13(15)12(8)16-2)7-9-3-5-10(6-4-9)14(17)18;8-4-1-7-2-5-9-6-3-7/h3-10H,11-17,28H2,1H3,(H,30,33)(H,31,34);3-6H,7-13H2,1H3,(H,23,27)(H,25,26);3-6H,7,15H2,1H3,(H,17,18);8H,1-6H2. The first-order chi connectivity index (χ1) is 45.9. The van der Waals surface area contributed by atoms with E-state index < -0.39 is 24.1 Å². The number of nitrogens with zero attached hydrogens (tertiary/aromatic N) is 6. The number of anilines is 5. The number of thiophene rings is 3. The number of para-hydroxylation sites is 2. The lowest BCUT2D eigenvalue weighted by atomic mass is 10.1. The van der Waals surface area contributed by atoms with Gasteiger partial charge >= 0.3 is 24.1 Å². The van der Waals surface area contributed by atoms with Gasteiger partial charge in [0.05, 0.1) is 93.5 Å². The highest BCUT2D eigenvalue weighted by Crippen LogP contribution is 2.43. The average Bonchev–Trinajstić information content (AvgIpc) is 1.71. The van der Waals surface area contributed by atoms with Gasteiger partial charge in [0.15, 0.2) is 0 Å². The van der Waals surface area contributed by atoms with Crippen molar-refractivity contribution in [2.45, 2.75) is 40.0 Å². The van der Waals surface area contributed by atoms with Crippen LogP contribution in [0.3, 0.4) is 0 Å². The van der Waals surface area contributed by atoms with Crippen LogP contribution in [0.5, 0.6) is 0 Å². The SMILES string of the molecule is OCCN1CCOCC1.[C-]#[N+]c1c(N)sc(Cc2ccc(C(=O)O)cc2)c1C.[C-]#[N+]c1c(NC(=O)OCCN2CCOCC2)sc(Cc2ccc(C(=O)Nc3ccccc3N)cc2)c1C.[C-]#[N+]c1c(NC(=O)OCCN2CCOCC2)sc(Cc2ccc(C(=O)O)cc2)c1C. The summed E-state index contributed by atoms with van der Waals surface area (Å²) in [5, 5.41) is 36.1. The summed E-state index contributed by atoms with van der Waals surface area (Å²) in [6, 6.07) is 27.7. The van der Waals surface area contributed by atoms with Crippen molar-refractivity contribution in [2.75, 3.05) is 146 Å². The molecule has 0 saturated carbocycles. The van der Waals surface area contributed by atoms with Crippen molar-refractivity contribution >= 4 is 107 Å². The zero-order valence-corrected chi connectivity index (χ0v) is 55.5. The fourth-order valence-electron chi connectivity index (χ4n) is 9.83. The lowest BCUT2D eigenvalue weighted by Crippen LogP contribution is -2.38. The van der Waals surface area contributed by atoms with E-state index in [9.17, 15) is 24.0 Å². The molecule has 10 rings (SSSR count). The predicted molar refractivity (Wildman–Crippen MR) is 370 cm³/mol. The second-order valence-corrected chi connectivity index (χ2v) is 25.1. The predicted octanol–water partition coefficient (Wildman–Crippen LogP) is 11.5. The summed E-state index contributed by atoms with van der Waals surface area (Å²) in [5.74, 6) is -2.15. The van der Waals surface area contributed by atoms with Crippen molar-refractivity contribution < 1.29 is 63.0 Å². The largest absolute Gasteiger partial charge is 0.478 e. The lowest BCUT2D eigenvalue weighted by molar-refractivity contribution is 0.0288. The summed E-state index contributed by atoms with van der Waals surface area (Å²) in [4.78, 5) is 79.0. The number of carboxylic acids is 2. The molecular weight excluding hydrogens is 1280 g/mol. The van der Waals surface area contributed by atoms with Gasteiger partial charge in [-0.2, -0.15) is 0 Å². The van der Waals surface area contributed by atoms with E-state index in [-0.39, 0.29) is 36.9 Å². The first-order valence-corrected chi connectivity index (χ1v) is 32.9. The van der Waals surface area contributed by atoms with Crippen molar-refractivity contribution in [3.8, 4) is 0 Å². The number of amides is 3. The second kappa shape index (κ2) is 37.6. The maximum Gasteiger partial charge on any atom is 0.411 e. The fourth-order valence-corrected chi connectivity index (χ4v) is 13.2. The monoisotopic (exact) mass is 1350 g/mol. The molecule has 4 aromatic carbocycles. The molecule has 7 aromatic rings. The highest BCUT2D eigenvalue weighted by molar-refractivity contribution is 7.17. The molecule has 3 aromatic heterocycles. The molecule has 500 valence electrons. The smallest absolute Gasteiger partial charge is 0.411 e. The molecule has 0 spiro atoms. The number of nitrogens with two attached hydrogens (primary N) is 2. The van der Waals surface area contributed by atoms with Crippen molar-refractivity contribution in [1.29, 1.82) is 0 Å². The van der Waals surface area contributed by atoms with E-state index in [2.05, 4.69) is 45.2 Å². The topological polar surface area (TPSA) is 303 Å². The van der Waals surface area contributed by atoms with Crippen LogP contribution in [0.2, 0.25) is 0 Å². The molecule has 95 heavy (non-hydrogen) atoms. The van der Waals surface area contributed by atoms with Gasteiger partial charge in [0.25, 0.3) is 5.91 Å². The minimum Gasteiger partial charge on any atom is -0.478 e. The number of carboxylic acid groups (broad SMARTS) is 2. The quantitative estimate of drug-likeness (QED) is 0.0260. The number of carbonyl (C=O) groups excluding carboxylic acids is 3. The Kier molecular flexibility index (Phi) is 28.9. The number of aliphatic hydroxyl groups is 1. The number of aromatic carboxylic acids is 2. The third-order valence-electron chi connectivity index (χ3n) is 15.4. The first kappa shape index (κ1) is 73.1. The summed E-state index contributed by atoms with van der Waals surface area (Å²) in [6.45, 7) is 40.3. The zero-order valence-electron chi connectivity index (χ0n) is 53.1. The van der Waals surface area contributed by atoms with Gasteiger partial charge in [-0.3, -0.25) is 30.1 Å². The molecule has 0 radical (unpaired) electrons. The molecule has 0 atom stereocenters. The van der Waals surface area contributed by atoms with Gasteiger partial charge in [0.1, 0.15) is 23.2 Å². The molecule has 0 aliphatic carbocycles. The van der Waals surface area contributed by atoms with Crippen molar-refractivity contribution in [2.24, 2.45) is 0 Å². The second-order valence-electron chi connectivity index (χ2n) is 21.7. The van der Waals surface area contributed by atoms with Crippen LogP contribution in [0.4, 0.5) is 53.0 Å². The van der Waals surface area contributed by atoms with Crippen LogP contribution in [0.15, 0.2) is 97.1 Å². The Hall–Kier alpha value is -9.28. The Bertz CT molecular complexity index is 3830. The van der Waals surface area contributed by atoms with Crippen LogP contribution in [0, 0.1) is 40.5 Å². The highest BCUT2D eigenvalue weighted by atomic mass is 32.1. The van der Waals surface area contributed by atoms with E-state index in [1.54, 1.807) is 72.8 Å². The molecule has 3 aliphatic heterocycles. The molecule has 3 amide bonds. The van der Waals surface area contributed by atoms with Crippen molar-refractivity contribution in [1.82, 2.24) is 14.7 Å². The Morgan fingerprint density at radius 3 is 1.22 bits per heavy atom. The van der Waals surface area contributed by atoms with Crippen LogP contribution in [0.1, 0.15) is 79.1 Å². The average molecular weight is 1350 g/mol. The molecule has 24 nitrogen and oxygen atoms in total. The van der Waals surface area contributed by atoms with Gasteiger partial charge in [-0.15, -0.1) is 34.0 Å². The molecule has 27 heteroatoms. The van der Waals surface area contributed by atoms with Crippen LogP contribution in [-0.4, -0.2) is 178 Å². The Morgan fingerprint density at radius 1 is 0.505 bits per heavy atom. The lowest BCUT2D eigenvalue weighted by Gasteiger charge is -2.26. The van der Waals surface area contributed by atoms with Gasteiger partial charge in [-0.1, -0.05) is 48.5 Å². The van der Waals surface area contributed by atoms with Crippen LogP contribution >= 0.6 is 34.0 Å². The van der Waals surface area contributed by atoms with Crippen molar-refractivity contribution in [3.05, 3.63) is 196 Å². The summed E-state index contributed by atoms with van der Waals surface area (Å²) in [5.41, 5.74) is 20.6. The number of nitrogen functional groups attached to an aromatic ring is 2. The Labute approximate surface area is 564 Å². The van der Waals surface area contributed by atoms with Crippen LogP contribution < -0.4 is 27.4 Å².